The van der Waals surface area contributed by atoms with Gasteiger partial charge in [-0.1, -0.05) is 30.3 Å². The molecule has 1 aromatic heterocycles. The van der Waals surface area contributed by atoms with Gasteiger partial charge in [0.15, 0.2) is 0 Å². The van der Waals surface area contributed by atoms with Crippen LogP contribution in [0.2, 0.25) is 0 Å². The lowest BCUT2D eigenvalue weighted by atomic mass is 10.1. The van der Waals surface area contributed by atoms with Crippen molar-refractivity contribution in [2.24, 2.45) is 0 Å². The van der Waals surface area contributed by atoms with Gasteiger partial charge >= 0.3 is 0 Å². The molecule has 4 aromatic rings. The minimum atomic E-state index is -0.450. The number of benzene rings is 3. The molecule has 0 amide bonds. The molecule has 0 radical (unpaired) electrons. The summed E-state index contributed by atoms with van der Waals surface area (Å²) in [5.41, 5.74) is 3.40. The predicted octanol–water partition coefficient (Wildman–Crippen LogP) is 4.80. The molecule has 8 heteroatoms. The number of non-ortho nitro benzene ring substituents is 2. The van der Waals surface area contributed by atoms with E-state index < -0.39 is 9.85 Å². The first kappa shape index (κ1) is 18.6. The third kappa shape index (κ3) is 4.50. The molecule has 28 heavy (non-hydrogen) atoms. The van der Waals surface area contributed by atoms with Crippen molar-refractivity contribution in [3.05, 3.63) is 105 Å². The van der Waals surface area contributed by atoms with Gasteiger partial charge in [0.05, 0.1) is 20.9 Å². The summed E-state index contributed by atoms with van der Waals surface area (Å²) in [6.07, 6.45) is 3.06. The fourth-order valence-corrected chi connectivity index (χ4v) is 2.47. The first-order chi connectivity index (χ1) is 13.5. The van der Waals surface area contributed by atoms with Crippen LogP contribution in [-0.2, 0) is 0 Å². The van der Waals surface area contributed by atoms with E-state index in [0.717, 1.165) is 11.1 Å². The molecule has 4 rings (SSSR count). The highest BCUT2D eigenvalue weighted by molar-refractivity contribution is 5.76. The van der Waals surface area contributed by atoms with Gasteiger partial charge in [-0.25, -0.2) is 0 Å². The minimum absolute atomic E-state index is 0.0352. The van der Waals surface area contributed by atoms with Gasteiger partial charge in [-0.2, -0.15) is 0 Å². The summed E-state index contributed by atoms with van der Waals surface area (Å²) < 4.78 is 0. The van der Waals surface area contributed by atoms with E-state index in [1.807, 2.05) is 30.3 Å². The Morgan fingerprint density at radius 3 is 1.75 bits per heavy atom. The first-order valence-corrected chi connectivity index (χ1v) is 8.19. The molecule has 0 aliphatic rings. The second-order valence-corrected chi connectivity index (χ2v) is 5.66. The molecule has 0 bridgehead atoms. The van der Waals surface area contributed by atoms with Gasteiger partial charge in [0.1, 0.15) is 0 Å². The van der Waals surface area contributed by atoms with Crippen molar-refractivity contribution in [2.45, 2.75) is 0 Å². The molecule has 0 saturated carbocycles. The molecule has 0 N–H and O–H groups in total. The Hall–Kier alpha value is -4.20. The van der Waals surface area contributed by atoms with Gasteiger partial charge in [-0.15, -0.1) is 0 Å². The van der Waals surface area contributed by atoms with Crippen molar-refractivity contribution >= 4 is 22.4 Å². The van der Waals surface area contributed by atoms with Crippen LogP contribution in [0.1, 0.15) is 0 Å². The minimum Gasteiger partial charge on any atom is -0.258 e. The fourth-order valence-electron chi connectivity index (χ4n) is 2.47. The van der Waals surface area contributed by atoms with E-state index in [9.17, 15) is 20.2 Å². The van der Waals surface area contributed by atoms with E-state index in [2.05, 4.69) is 9.97 Å². The first-order valence-electron chi connectivity index (χ1n) is 8.19. The smallest absolute Gasteiger partial charge is 0.258 e. The Bertz CT molecular complexity index is 1120. The molecule has 0 aliphatic carbocycles. The number of nitrogens with zero attached hydrogens (tertiary/aromatic N) is 4. The third-order valence-electron chi connectivity index (χ3n) is 3.85. The van der Waals surface area contributed by atoms with Gasteiger partial charge in [-0.3, -0.25) is 30.2 Å². The lowest BCUT2D eigenvalue weighted by Crippen LogP contribution is -1.89. The molecular weight excluding hydrogens is 360 g/mol. The molecule has 0 spiro atoms. The molecule has 1 heterocycles. The Morgan fingerprint density at radius 2 is 1.14 bits per heavy atom. The molecule has 0 aliphatic heterocycles. The van der Waals surface area contributed by atoms with Crippen LogP contribution >= 0.6 is 0 Å². The van der Waals surface area contributed by atoms with E-state index in [1.165, 1.54) is 30.5 Å². The maximum atomic E-state index is 10.5. The van der Waals surface area contributed by atoms with Crippen molar-refractivity contribution in [3.63, 3.8) is 0 Å². The van der Waals surface area contributed by atoms with Crippen LogP contribution in [0.25, 0.3) is 22.2 Å². The fraction of sp³-hybridized carbons (Fsp3) is 0. The topological polar surface area (TPSA) is 112 Å². The van der Waals surface area contributed by atoms with Crippen LogP contribution < -0.4 is 0 Å². The number of nitro groups is 2. The Balaban J connectivity index is 0.000000162. The highest BCUT2D eigenvalue weighted by Gasteiger charge is 2.06. The molecule has 138 valence electrons. The summed E-state index contributed by atoms with van der Waals surface area (Å²) >= 11 is 0. The molecule has 0 fully saturated rings. The van der Waals surface area contributed by atoms with E-state index in [1.54, 1.807) is 24.4 Å². The number of aromatic nitrogens is 2. The molecule has 8 nitrogen and oxygen atoms in total. The van der Waals surface area contributed by atoms with E-state index >= 15 is 0 Å². The maximum absolute atomic E-state index is 10.5. The average Bonchev–Trinajstić information content (AvgIpc) is 2.74. The van der Waals surface area contributed by atoms with Crippen LogP contribution in [0.3, 0.4) is 0 Å². The second-order valence-electron chi connectivity index (χ2n) is 5.66. The highest BCUT2D eigenvalue weighted by atomic mass is 16.6. The van der Waals surface area contributed by atoms with E-state index in [4.69, 9.17) is 0 Å². The van der Waals surface area contributed by atoms with Crippen molar-refractivity contribution < 1.29 is 9.85 Å². The zero-order valence-electron chi connectivity index (χ0n) is 14.5. The number of hydrogen-bond acceptors (Lipinski definition) is 6. The second kappa shape index (κ2) is 8.45. The predicted molar refractivity (Wildman–Crippen MR) is 105 cm³/mol. The lowest BCUT2D eigenvalue weighted by Gasteiger charge is -1.99. The summed E-state index contributed by atoms with van der Waals surface area (Å²) in [5.74, 6) is 0. The van der Waals surface area contributed by atoms with Crippen LogP contribution in [0, 0.1) is 20.2 Å². The largest absolute Gasteiger partial charge is 0.271 e. The Kier molecular flexibility index (Phi) is 5.61. The van der Waals surface area contributed by atoms with Gasteiger partial charge in [0.25, 0.3) is 11.4 Å². The van der Waals surface area contributed by atoms with Crippen molar-refractivity contribution in [1.29, 1.82) is 0 Å². The standard InChI is InChI=1S/C12H9NO2.C8H5N3O2/c14-13(15)12-8-6-11(7-9-12)10-4-2-1-3-5-10;12-11(13)6-1-2-7-8(5-6)10-4-3-9-7/h1-9H;1-5H. The zero-order valence-corrected chi connectivity index (χ0v) is 14.5. The number of nitro benzene ring substituents is 2. The SMILES string of the molecule is O=[N+]([O-])c1ccc(-c2ccccc2)cc1.O=[N+]([O-])c1ccc2nccnc2c1. The van der Waals surface area contributed by atoms with Gasteiger partial charge in [-0.05, 0) is 29.3 Å². The number of rotatable bonds is 3. The molecular formula is C20H14N4O4. The Labute approximate surface area is 159 Å². The van der Waals surface area contributed by atoms with Crippen molar-refractivity contribution in [2.75, 3.05) is 0 Å². The van der Waals surface area contributed by atoms with Crippen LogP contribution in [0.5, 0.6) is 0 Å². The van der Waals surface area contributed by atoms with E-state index in [0.29, 0.717) is 11.0 Å². The van der Waals surface area contributed by atoms with Crippen LogP contribution in [0.15, 0.2) is 85.2 Å². The normalized spacial score (nSPS) is 10.0. The third-order valence-corrected chi connectivity index (χ3v) is 3.85. The molecule has 0 atom stereocenters. The molecule has 3 aromatic carbocycles. The summed E-state index contributed by atoms with van der Waals surface area (Å²) in [7, 11) is 0. The monoisotopic (exact) mass is 374 g/mol. The van der Waals surface area contributed by atoms with Gasteiger partial charge in [0.2, 0.25) is 0 Å². The number of hydrogen-bond donors (Lipinski definition) is 0. The molecule has 0 saturated heterocycles. The van der Waals surface area contributed by atoms with Crippen molar-refractivity contribution in [1.82, 2.24) is 9.97 Å². The van der Waals surface area contributed by atoms with Gasteiger partial charge in [0, 0.05) is 36.7 Å². The highest BCUT2D eigenvalue weighted by Crippen LogP contribution is 2.21. The van der Waals surface area contributed by atoms with Gasteiger partial charge < -0.3 is 0 Å². The maximum Gasteiger partial charge on any atom is 0.271 e. The van der Waals surface area contributed by atoms with Crippen molar-refractivity contribution in [3.8, 4) is 11.1 Å². The summed E-state index contributed by atoms with van der Waals surface area (Å²) in [6, 6.07) is 20.7. The molecule has 0 unspecified atom stereocenters. The lowest BCUT2D eigenvalue weighted by molar-refractivity contribution is -0.385. The quantitative estimate of drug-likeness (QED) is 0.376. The summed E-state index contributed by atoms with van der Waals surface area (Å²) in [4.78, 5) is 28.0. The van der Waals surface area contributed by atoms with Crippen LogP contribution in [-0.4, -0.2) is 19.8 Å². The number of fused-ring (bicyclic) bond motifs is 1. The summed E-state index contributed by atoms with van der Waals surface area (Å²) in [6.45, 7) is 0. The zero-order chi connectivity index (χ0) is 19.9. The van der Waals surface area contributed by atoms with Crippen LogP contribution in [0.4, 0.5) is 11.4 Å². The Morgan fingerprint density at radius 1 is 0.607 bits per heavy atom. The summed E-state index contributed by atoms with van der Waals surface area (Å²) in [5, 5.41) is 20.9. The average molecular weight is 374 g/mol. The van der Waals surface area contributed by atoms with E-state index in [-0.39, 0.29) is 11.4 Å².